The Bertz CT molecular complexity index is 9.61. The predicted octanol–water partition coefficient (Wildman–Crippen LogP) is -1.88. The molecule has 0 saturated heterocycles. The summed E-state index contributed by atoms with van der Waals surface area (Å²) in [6.07, 6.45) is 0. The van der Waals surface area contributed by atoms with Gasteiger partial charge in [-0.25, -0.2) is 0 Å². The van der Waals surface area contributed by atoms with E-state index in [0.717, 1.165) is 0 Å². The Kier molecular flexibility index (Phi) is 496. The molecule has 5 heteroatoms. The Hall–Kier alpha value is 1.95. The molecule has 0 spiro atoms. The van der Waals surface area contributed by atoms with Gasteiger partial charge in [0.15, 0.2) is 0 Å². The van der Waals surface area contributed by atoms with Crippen molar-refractivity contribution in [2.75, 3.05) is 0 Å². The first-order chi connectivity index (χ1) is 0. The molecular weight excluding hydrogens is 287 g/mol. The van der Waals surface area contributed by atoms with E-state index < -0.39 is 0 Å². The van der Waals surface area contributed by atoms with E-state index >= 15 is 0 Å². The van der Waals surface area contributed by atoms with Crippen LogP contribution >= 0.6 is 12.4 Å². The maximum absolute atomic E-state index is 0. The number of hydrogen-bond acceptors (Lipinski definition) is 0. The molecule has 0 aromatic heterocycles. The van der Waals surface area contributed by atoms with E-state index in [1.54, 1.807) is 0 Å². The monoisotopic (exact) mass is 293 g/mol. The molecule has 0 bridgehead atoms. The summed E-state index contributed by atoms with van der Waals surface area (Å²) in [5.41, 5.74) is 0. The van der Waals surface area contributed by atoms with Crippen LogP contribution < -0.4 is 0 Å². The molecule has 0 aliphatic heterocycles. The summed E-state index contributed by atoms with van der Waals surface area (Å²) in [7, 11) is 0. The Balaban J connectivity index is 0. The van der Waals surface area contributed by atoms with Crippen LogP contribution in [-0.2, 0) is 22.4 Å². The van der Waals surface area contributed by atoms with Crippen LogP contribution in [0.15, 0.2) is 0 Å². The van der Waals surface area contributed by atoms with Gasteiger partial charge in [-0.1, -0.05) is 0 Å². The molecular formula is H6AuClNaO2. The van der Waals surface area contributed by atoms with Gasteiger partial charge in [-0.3, -0.25) is 0 Å². The van der Waals surface area contributed by atoms with Crippen LogP contribution in [0.4, 0.5) is 0 Å². The van der Waals surface area contributed by atoms with Crippen molar-refractivity contribution in [3.8, 4) is 0 Å². The van der Waals surface area contributed by atoms with Crippen molar-refractivity contribution in [3.05, 3.63) is 0 Å². The molecule has 2 nitrogen and oxygen atoms in total. The van der Waals surface area contributed by atoms with Crippen LogP contribution in [0.2, 0.25) is 0 Å². The van der Waals surface area contributed by atoms with Crippen LogP contribution in [0.3, 0.4) is 0 Å². The minimum atomic E-state index is 0. The van der Waals surface area contributed by atoms with Gasteiger partial charge in [-0.05, 0) is 0 Å². The second-order valence-corrected chi connectivity index (χ2v) is 0. The van der Waals surface area contributed by atoms with E-state index in [0.29, 0.717) is 0 Å². The molecule has 0 aliphatic carbocycles. The summed E-state index contributed by atoms with van der Waals surface area (Å²) >= 11 is 0. The number of halogens is 1. The fraction of sp³-hybridized carbons (Fsp3) is 0. The van der Waals surface area contributed by atoms with Crippen LogP contribution in [0.5, 0.6) is 0 Å². The maximum atomic E-state index is 0. The van der Waals surface area contributed by atoms with Gasteiger partial charge < -0.3 is 11.0 Å². The molecule has 0 saturated carbocycles. The summed E-state index contributed by atoms with van der Waals surface area (Å²) in [5.74, 6) is 0. The second-order valence-electron chi connectivity index (χ2n) is 0. The number of hydrogen-bond donors (Lipinski definition) is 0. The zero-order valence-electron chi connectivity index (χ0n) is 1.71. The van der Waals surface area contributed by atoms with E-state index in [-0.39, 0.29) is 75.3 Å². The molecule has 0 aliphatic rings. The van der Waals surface area contributed by atoms with Gasteiger partial charge in [-0.15, -0.1) is 12.4 Å². The third-order valence-corrected chi connectivity index (χ3v) is 0. The first-order valence-corrected chi connectivity index (χ1v) is 0. The van der Waals surface area contributed by atoms with Crippen LogP contribution in [-0.4, -0.2) is 40.5 Å². The molecule has 0 aromatic carbocycles. The van der Waals surface area contributed by atoms with Gasteiger partial charge in [0.1, 0.15) is 0 Å². The molecule has 1 radical (unpaired) electrons. The average Bonchev–Trinajstić information content (AvgIpc) is 0. The van der Waals surface area contributed by atoms with E-state index in [4.69, 9.17) is 0 Å². The van der Waals surface area contributed by atoms with Crippen LogP contribution in [0, 0.1) is 0 Å². The molecule has 0 heterocycles. The van der Waals surface area contributed by atoms with E-state index in [2.05, 4.69) is 0 Å². The topological polar surface area (TPSA) is 63.0 Å². The molecule has 5 heavy (non-hydrogen) atoms. The van der Waals surface area contributed by atoms with Gasteiger partial charge in [0.25, 0.3) is 0 Å². The summed E-state index contributed by atoms with van der Waals surface area (Å²) < 4.78 is 0. The third-order valence-electron chi connectivity index (χ3n) is 0. The molecule has 37 valence electrons. The average molecular weight is 293 g/mol. The Labute approximate surface area is 74.5 Å². The molecule has 4 N–H and O–H groups in total. The van der Waals surface area contributed by atoms with Crippen LogP contribution in [0.25, 0.3) is 0 Å². The normalized spacial score (nSPS) is 0. The molecule has 0 fully saturated rings. The first-order valence-electron chi connectivity index (χ1n) is 0. The Morgan fingerprint density at radius 2 is 0.800 bits per heavy atom. The predicted molar refractivity (Wildman–Crippen MR) is 21.6 cm³/mol. The van der Waals surface area contributed by atoms with Crippen molar-refractivity contribution in [2.45, 2.75) is 0 Å². The molecule has 0 aromatic rings. The van der Waals surface area contributed by atoms with Crippen molar-refractivity contribution >= 4 is 42.0 Å². The van der Waals surface area contributed by atoms with Crippen molar-refractivity contribution < 1.29 is 33.3 Å². The van der Waals surface area contributed by atoms with Gasteiger partial charge in [0.05, 0.1) is 0 Å². The first kappa shape index (κ1) is 64.7. The zero-order valence-corrected chi connectivity index (χ0v) is 4.69. The second kappa shape index (κ2) is 38.3. The van der Waals surface area contributed by atoms with Gasteiger partial charge in [-0.2, -0.15) is 0 Å². The summed E-state index contributed by atoms with van der Waals surface area (Å²) in [5, 5.41) is 0. The quantitative estimate of drug-likeness (QED) is 0.470. The molecule has 0 unspecified atom stereocenters. The fourth-order valence-electron chi connectivity index (χ4n) is 0. The van der Waals surface area contributed by atoms with Gasteiger partial charge >= 0.3 is 29.6 Å². The van der Waals surface area contributed by atoms with Gasteiger partial charge in [0, 0.05) is 22.4 Å². The minimum absolute atomic E-state index is 0. The van der Waals surface area contributed by atoms with Crippen LogP contribution in [0.1, 0.15) is 0 Å². The van der Waals surface area contributed by atoms with Crippen molar-refractivity contribution in [1.82, 2.24) is 0 Å². The summed E-state index contributed by atoms with van der Waals surface area (Å²) in [4.78, 5) is 0. The zero-order chi connectivity index (χ0) is 0. The SMILES string of the molecule is Cl.O.O.[Au].[NaH]. The van der Waals surface area contributed by atoms with E-state index in [1.807, 2.05) is 0 Å². The Morgan fingerprint density at radius 1 is 0.800 bits per heavy atom. The molecule has 0 rings (SSSR count). The summed E-state index contributed by atoms with van der Waals surface area (Å²) in [6, 6.07) is 0. The van der Waals surface area contributed by atoms with Gasteiger partial charge in [0.2, 0.25) is 0 Å². The summed E-state index contributed by atoms with van der Waals surface area (Å²) in [6.45, 7) is 0. The fourth-order valence-corrected chi connectivity index (χ4v) is 0. The molecule has 0 atom stereocenters. The van der Waals surface area contributed by atoms with Crippen molar-refractivity contribution in [2.24, 2.45) is 0 Å². The van der Waals surface area contributed by atoms with Crippen molar-refractivity contribution in [3.63, 3.8) is 0 Å². The molecule has 0 amide bonds. The van der Waals surface area contributed by atoms with Crippen molar-refractivity contribution in [1.29, 1.82) is 0 Å². The van der Waals surface area contributed by atoms with E-state index in [1.165, 1.54) is 0 Å². The van der Waals surface area contributed by atoms with E-state index in [9.17, 15) is 0 Å². The Morgan fingerprint density at radius 3 is 0.800 bits per heavy atom. The third kappa shape index (κ3) is 24.4. The number of rotatable bonds is 0. The standard InChI is InChI=1S/Au.ClH.Na.2H2O.H/h;1H;;2*1H2;.